The predicted octanol–water partition coefficient (Wildman–Crippen LogP) is 4.74. The second-order valence-electron chi connectivity index (χ2n) is 10.0. The van der Waals surface area contributed by atoms with Gasteiger partial charge in [-0.3, -0.25) is 0 Å². The van der Waals surface area contributed by atoms with Crippen molar-refractivity contribution in [2.75, 3.05) is 26.4 Å². The highest BCUT2D eigenvalue weighted by Gasteiger charge is 2.40. The van der Waals surface area contributed by atoms with E-state index in [1.165, 1.54) is 57.8 Å². The van der Waals surface area contributed by atoms with Crippen LogP contribution in [0, 0.1) is 17.3 Å². The van der Waals surface area contributed by atoms with Crippen molar-refractivity contribution in [1.82, 2.24) is 0 Å². The topological polar surface area (TPSA) is 43.5 Å². The number of rotatable bonds is 9. The van der Waals surface area contributed by atoms with Gasteiger partial charge >= 0.3 is 0 Å². The highest BCUT2D eigenvalue weighted by molar-refractivity contribution is 4.90. The summed E-state index contributed by atoms with van der Waals surface area (Å²) in [6, 6.07) is 0. The van der Waals surface area contributed by atoms with Crippen molar-refractivity contribution < 1.29 is 18.9 Å². The van der Waals surface area contributed by atoms with E-state index in [-0.39, 0.29) is 0 Å². The second kappa shape index (κ2) is 9.11. The summed E-state index contributed by atoms with van der Waals surface area (Å²) in [5, 5.41) is 0. The third-order valence-corrected chi connectivity index (χ3v) is 7.81. The van der Waals surface area contributed by atoms with E-state index in [1.807, 2.05) is 0 Å². The molecule has 0 aromatic rings. The molecule has 0 aromatic heterocycles. The molecule has 156 valence electrons. The van der Waals surface area contributed by atoms with E-state index >= 15 is 0 Å². The third-order valence-electron chi connectivity index (χ3n) is 7.81. The zero-order valence-electron chi connectivity index (χ0n) is 17.5. The average molecular weight is 381 g/mol. The van der Waals surface area contributed by atoms with E-state index in [0.717, 1.165) is 44.7 Å². The van der Waals surface area contributed by atoms with Gasteiger partial charge in [0.1, 0.15) is 6.10 Å². The van der Waals surface area contributed by atoms with Crippen LogP contribution in [0.5, 0.6) is 0 Å². The van der Waals surface area contributed by atoms with E-state index in [2.05, 4.69) is 13.8 Å². The minimum atomic E-state index is 0.400. The monoisotopic (exact) mass is 380 g/mol. The van der Waals surface area contributed by atoms with Crippen LogP contribution in [-0.4, -0.2) is 50.8 Å². The van der Waals surface area contributed by atoms with E-state index < -0.39 is 0 Å². The molecule has 2 saturated carbocycles. The molecule has 4 heteroatoms. The van der Waals surface area contributed by atoms with Gasteiger partial charge in [0.15, 0.2) is 0 Å². The normalized spacial score (nSPS) is 39.8. The van der Waals surface area contributed by atoms with Crippen LogP contribution in [0.25, 0.3) is 0 Å². The van der Waals surface area contributed by atoms with Crippen molar-refractivity contribution in [3.8, 4) is 0 Å². The fourth-order valence-corrected chi connectivity index (χ4v) is 5.49. The summed E-state index contributed by atoms with van der Waals surface area (Å²) in [5.74, 6) is 1.70. The number of epoxide rings is 2. The van der Waals surface area contributed by atoms with Crippen molar-refractivity contribution in [3.05, 3.63) is 0 Å². The van der Waals surface area contributed by atoms with Crippen LogP contribution in [0.4, 0.5) is 0 Å². The van der Waals surface area contributed by atoms with Crippen molar-refractivity contribution >= 4 is 0 Å². The fraction of sp³-hybridized carbons (Fsp3) is 1.00. The van der Waals surface area contributed by atoms with Gasteiger partial charge in [-0.05, 0) is 75.0 Å². The molecule has 2 aliphatic heterocycles. The van der Waals surface area contributed by atoms with Crippen molar-refractivity contribution in [1.29, 1.82) is 0 Å². The maximum Gasteiger partial charge on any atom is 0.104 e. The fourth-order valence-electron chi connectivity index (χ4n) is 5.49. The van der Waals surface area contributed by atoms with Gasteiger partial charge < -0.3 is 18.9 Å². The summed E-state index contributed by atoms with van der Waals surface area (Å²) >= 11 is 0. The molecule has 0 radical (unpaired) electrons. The van der Waals surface area contributed by atoms with Crippen LogP contribution >= 0.6 is 0 Å². The van der Waals surface area contributed by atoms with Gasteiger partial charge in [0.2, 0.25) is 0 Å². The highest BCUT2D eigenvalue weighted by atomic mass is 16.6. The quantitative estimate of drug-likeness (QED) is 0.428. The molecule has 0 spiro atoms. The maximum absolute atomic E-state index is 6.18. The Hall–Kier alpha value is -0.160. The Bertz CT molecular complexity index is 449. The lowest BCUT2D eigenvalue weighted by molar-refractivity contribution is -0.0183. The van der Waals surface area contributed by atoms with Crippen molar-refractivity contribution in [2.45, 2.75) is 102 Å². The van der Waals surface area contributed by atoms with Crippen LogP contribution in [0.15, 0.2) is 0 Å². The summed E-state index contributed by atoms with van der Waals surface area (Å²) in [5.41, 5.74) is 0.446. The lowest BCUT2D eigenvalue weighted by atomic mass is 9.62. The number of hydrogen-bond acceptors (Lipinski definition) is 4. The van der Waals surface area contributed by atoms with Crippen molar-refractivity contribution in [3.63, 3.8) is 0 Å². The molecule has 4 nitrogen and oxygen atoms in total. The Labute approximate surface area is 165 Å². The minimum absolute atomic E-state index is 0.400. The Morgan fingerprint density at radius 3 is 1.96 bits per heavy atom. The highest BCUT2D eigenvalue weighted by Crippen LogP contribution is 2.48. The van der Waals surface area contributed by atoms with Crippen LogP contribution in [0.2, 0.25) is 0 Å². The first-order chi connectivity index (χ1) is 13.1. The van der Waals surface area contributed by atoms with E-state index in [0.29, 0.717) is 29.8 Å². The Morgan fingerprint density at radius 1 is 0.741 bits per heavy atom. The first kappa shape index (κ1) is 20.1. The van der Waals surface area contributed by atoms with Crippen LogP contribution in [-0.2, 0) is 18.9 Å². The van der Waals surface area contributed by atoms with Gasteiger partial charge in [0.05, 0.1) is 38.1 Å². The molecule has 4 rings (SSSR count). The number of hydrogen-bond donors (Lipinski definition) is 0. The zero-order valence-corrected chi connectivity index (χ0v) is 17.5. The summed E-state index contributed by atoms with van der Waals surface area (Å²) in [6.45, 7) is 8.66. The Morgan fingerprint density at radius 2 is 1.33 bits per heavy atom. The van der Waals surface area contributed by atoms with Crippen LogP contribution < -0.4 is 0 Å². The van der Waals surface area contributed by atoms with Gasteiger partial charge in [-0.1, -0.05) is 20.3 Å². The molecule has 4 fully saturated rings. The second-order valence-corrected chi connectivity index (χ2v) is 10.0. The van der Waals surface area contributed by atoms with E-state index in [1.54, 1.807) is 0 Å². The molecule has 4 aliphatic rings. The lowest BCUT2D eigenvalue weighted by Crippen LogP contribution is -2.36. The van der Waals surface area contributed by atoms with Gasteiger partial charge in [0, 0.05) is 6.61 Å². The molecule has 0 amide bonds. The third kappa shape index (κ3) is 5.91. The number of ether oxygens (including phenoxy) is 4. The first-order valence-electron chi connectivity index (χ1n) is 11.6. The lowest BCUT2D eigenvalue weighted by Gasteiger charge is -2.44. The van der Waals surface area contributed by atoms with E-state index in [4.69, 9.17) is 18.9 Å². The van der Waals surface area contributed by atoms with Gasteiger partial charge in [-0.25, -0.2) is 0 Å². The molecular formula is C23H40O4. The maximum atomic E-state index is 6.18. The molecule has 0 N–H and O–H groups in total. The summed E-state index contributed by atoms with van der Waals surface area (Å²) in [7, 11) is 0. The standard InChI is InChI=1S/C23H40O4/c1-23(2,18-7-10-20(11-8-18)25-15-22-16-27-22)17-4-3-5-19(9-6-17)24-13-12-21-14-26-21/h17-22H,3-16H2,1-2H3/t17-,18?,19+,20?,21-,22?/m0/s1. The summed E-state index contributed by atoms with van der Waals surface area (Å²) < 4.78 is 22.8. The van der Waals surface area contributed by atoms with Gasteiger partial charge in [-0.2, -0.15) is 0 Å². The molecule has 2 heterocycles. The molecule has 2 saturated heterocycles. The summed E-state index contributed by atoms with van der Waals surface area (Å²) in [6.07, 6.45) is 14.6. The first-order valence-corrected chi connectivity index (χ1v) is 11.6. The SMILES string of the molecule is CC(C)(C1CCC(OCC2CO2)CC1)[C@H]1CCC[C@@H](OCC[C@H]2CO2)CC1. The smallest absolute Gasteiger partial charge is 0.104 e. The van der Waals surface area contributed by atoms with Gasteiger partial charge in [0.25, 0.3) is 0 Å². The minimum Gasteiger partial charge on any atom is -0.378 e. The molecule has 2 aliphatic carbocycles. The zero-order chi connectivity index (χ0) is 18.7. The Kier molecular flexibility index (Phi) is 6.79. The van der Waals surface area contributed by atoms with E-state index in [9.17, 15) is 0 Å². The molecule has 4 atom stereocenters. The molecule has 1 unspecified atom stereocenters. The predicted molar refractivity (Wildman–Crippen MR) is 106 cm³/mol. The summed E-state index contributed by atoms with van der Waals surface area (Å²) in [4.78, 5) is 0. The van der Waals surface area contributed by atoms with Crippen LogP contribution in [0.3, 0.4) is 0 Å². The molecular weight excluding hydrogens is 340 g/mol. The van der Waals surface area contributed by atoms with Crippen molar-refractivity contribution in [2.24, 2.45) is 17.3 Å². The largest absolute Gasteiger partial charge is 0.378 e. The van der Waals surface area contributed by atoms with Gasteiger partial charge in [-0.15, -0.1) is 0 Å². The Balaban J connectivity index is 1.19. The average Bonchev–Trinajstić information content (AvgIpc) is 3.56. The molecule has 27 heavy (non-hydrogen) atoms. The molecule has 0 aromatic carbocycles. The van der Waals surface area contributed by atoms with Crippen LogP contribution in [0.1, 0.15) is 78.1 Å². The molecule has 0 bridgehead atoms.